The summed E-state index contributed by atoms with van der Waals surface area (Å²) < 4.78 is 37.5. The average molecular weight is 1170 g/mol. The Bertz CT molecular complexity index is 2020. The van der Waals surface area contributed by atoms with E-state index in [1.807, 2.05) is 13.8 Å². The van der Waals surface area contributed by atoms with Gasteiger partial charge in [-0.3, -0.25) is 28.8 Å². The second-order valence-corrected chi connectivity index (χ2v) is 25.5. The Labute approximate surface area is 491 Å². The third-order valence-electron chi connectivity index (χ3n) is 12.4. The summed E-state index contributed by atoms with van der Waals surface area (Å²) in [5, 5.41) is 8.27. The third-order valence-corrected chi connectivity index (χ3v) is 12.4. The quantitative estimate of drug-likeness (QED) is 0.0273. The van der Waals surface area contributed by atoms with Gasteiger partial charge in [0.25, 0.3) is 0 Å². The number of amides is 6. The molecule has 0 heterocycles. The number of ether oxygens (including phenoxy) is 7. The Kier molecular flexibility index (Phi) is 38.1. The number of carbonyl (C=O) groups is 8. The molecule has 1 aromatic carbocycles. The number of esters is 2. The molecule has 0 saturated carbocycles. The minimum Gasteiger partial charge on any atom is -0.463 e. The topological polar surface area (TPSA) is 270 Å². The van der Waals surface area contributed by atoms with Crippen LogP contribution in [0, 0.1) is 33.5 Å². The van der Waals surface area contributed by atoms with Crippen LogP contribution in [0.4, 0.5) is 15.3 Å². The molecule has 0 aliphatic carbocycles. The number of unbranched alkanes of at least 4 members (excludes halogenated alkanes) is 2. The number of nitrogens with two attached hydrogens (primary N) is 1. The zero-order valence-corrected chi connectivity index (χ0v) is 53.1. The number of carbonyl (C=O) groups excluding carboxylic acids is 8. The maximum atomic E-state index is 13.5. The van der Waals surface area contributed by atoms with Gasteiger partial charge >= 0.3 is 24.1 Å². The van der Waals surface area contributed by atoms with E-state index in [1.54, 1.807) is 84.8 Å². The minimum absolute atomic E-state index is 0.0115. The van der Waals surface area contributed by atoms with Crippen LogP contribution < -0.4 is 21.7 Å². The first-order chi connectivity index (χ1) is 38.1. The molecular formula is C61H108N6O15. The van der Waals surface area contributed by atoms with Crippen molar-refractivity contribution >= 4 is 53.3 Å². The van der Waals surface area contributed by atoms with E-state index in [0.29, 0.717) is 88.7 Å². The number of rotatable bonds is 38. The van der Waals surface area contributed by atoms with Crippen molar-refractivity contribution in [3.05, 3.63) is 29.8 Å². The van der Waals surface area contributed by atoms with Crippen LogP contribution in [0.2, 0.25) is 0 Å². The summed E-state index contributed by atoms with van der Waals surface area (Å²) in [6.45, 7) is 32.7. The number of hydrogen-bond donors (Lipinski definition) is 4. The molecule has 21 heteroatoms. The van der Waals surface area contributed by atoms with Crippen molar-refractivity contribution in [3.8, 4) is 0 Å². The minimum atomic E-state index is -0.731. The Balaban J connectivity index is 0.00000181. The highest BCUT2D eigenvalue weighted by atomic mass is 16.6. The van der Waals surface area contributed by atoms with Crippen LogP contribution in [0.3, 0.4) is 0 Å². The standard InChI is InChI=1S/C38H63N5O8.C23H45NO7/c1-26(2)32(42-31(45)15-11-10-12-20-37(3,4)5)30(44)24-28(14-13-21-40-35(39)48)33(46)41-29-18-16-27(17-19-29)25-51-36(49)43(9)22-23-50-34(47)38(6,7)8;1-22(2,3)9-12-28-15-17-30-19-18-29-16-14-27-11-8-20(25)24(7)10-13-31-21(26)23(4,5)6/h16-19,26,28,32H,10-15,20-25H2,1-9H3,(H,41,46)(H,42,45)(H3,39,40,48);8-19H2,1-7H3/t28-,32+;/m1./s1. The van der Waals surface area contributed by atoms with Crippen LogP contribution in [0.25, 0.3) is 0 Å². The van der Waals surface area contributed by atoms with Gasteiger partial charge in [-0.2, -0.15) is 0 Å². The molecule has 1 rings (SSSR count). The first kappa shape index (κ1) is 76.6. The van der Waals surface area contributed by atoms with Gasteiger partial charge < -0.3 is 64.6 Å². The van der Waals surface area contributed by atoms with Crippen molar-refractivity contribution in [3.63, 3.8) is 0 Å². The summed E-state index contributed by atoms with van der Waals surface area (Å²) in [6.07, 6.45) is 5.51. The lowest BCUT2D eigenvalue weighted by molar-refractivity contribution is -0.154. The lowest BCUT2D eigenvalue weighted by atomic mass is 9.89. The maximum absolute atomic E-state index is 13.5. The summed E-state index contributed by atoms with van der Waals surface area (Å²) in [7, 11) is 3.23. The molecule has 0 unspecified atom stereocenters. The fourth-order valence-corrected chi connectivity index (χ4v) is 7.11. The molecule has 82 heavy (non-hydrogen) atoms. The number of ketones is 1. The number of nitrogens with one attached hydrogen (secondary N) is 3. The largest absolute Gasteiger partial charge is 0.463 e. The van der Waals surface area contributed by atoms with Gasteiger partial charge in [-0.25, -0.2) is 9.59 Å². The molecule has 0 aliphatic rings. The lowest BCUT2D eigenvalue weighted by Crippen LogP contribution is -2.45. The number of primary amides is 1. The van der Waals surface area contributed by atoms with E-state index in [4.69, 9.17) is 38.9 Å². The zero-order valence-electron chi connectivity index (χ0n) is 53.1. The molecule has 21 nitrogen and oxygen atoms in total. The van der Waals surface area contributed by atoms with Crippen molar-refractivity contribution < 1.29 is 71.5 Å². The van der Waals surface area contributed by atoms with Crippen LogP contribution in [0.1, 0.15) is 167 Å². The normalized spacial score (nSPS) is 12.5. The molecular weight excluding hydrogens is 1060 g/mol. The van der Waals surface area contributed by atoms with Gasteiger partial charge in [0.15, 0.2) is 5.78 Å². The first-order valence-corrected chi connectivity index (χ1v) is 29.2. The van der Waals surface area contributed by atoms with Gasteiger partial charge in [0.2, 0.25) is 17.7 Å². The Morgan fingerprint density at radius 1 is 0.573 bits per heavy atom. The van der Waals surface area contributed by atoms with Gasteiger partial charge in [-0.05, 0) is 108 Å². The van der Waals surface area contributed by atoms with Crippen LogP contribution >= 0.6 is 0 Å². The second-order valence-electron chi connectivity index (χ2n) is 25.5. The van der Waals surface area contributed by atoms with E-state index < -0.39 is 34.9 Å². The molecule has 0 fully saturated rings. The van der Waals surface area contributed by atoms with Crippen molar-refractivity contribution in [1.82, 2.24) is 20.4 Å². The highest BCUT2D eigenvalue weighted by molar-refractivity contribution is 5.97. The van der Waals surface area contributed by atoms with Gasteiger partial charge in [0.1, 0.15) is 19.8 Å². The number of nitrogens with zero attached hydrogens (tertiary/aromatic N) is 2. The number of likely N-dealkylation sites (N-methyl/N-ethyl adjacent to an activating group) is 2. The predicted octanol–water partition coefficient (Wildman–Crippen LogP) is 8.87. The molecule has 472 valence electrons. The Morgan fingerprint density at radius 3 is 1.56 bits per heavy atom. The third kappa shape index (κ3) is 40.8. The molecule has 0 spiro atoms. The van der Waals surface area contributed by atoms with E-state index >= 15 is 0 Å². The molecule has 6 amide bonds. The van der Waals surface area contributed by atoms with E-state index in [9.17, 15) is 38.4 Å². The molecule has 5 N–H and O–H groups in total. The summed E-state index contributed by atoms with van der Waals surface area (Å²) in [5.74, 6) is -2.35. The molecule has 0 aromatic heterocycles. The number of hydrogen-bond acceptors (Lipinski definition) is 15. The number of benzene rings is 1. The van der Waals surface area contributed by atoms with E-state index in [2.05, 4.69) is 57.5 Å². The van der Waals surface area contributed by atoms with Crippen molar-refractivity contribution in [2.75, 3.05) is 105 Å². The molecule has 1 aromatic rings. The van der Waals surface area contributed by atoms with Gasteiger partial charge in [-0.1, -0.05) is 80.4 Å². The van der Waals surface area contributed by atoms with Crippen molar-refractivity contribution in [2.45, 2.75) is 174 Å². The second kappa shape index (κ2) is 40.8. The SMILES string of the molecule is CC(C)[C@H](NC(=O)CCCCCC(C)(C)C)C(=O)C[C@@H](CCCNC(N)=O)C(=O)Nc1ccc(COC(=O)N(C)CCOC(=O)C(C)(C)C)cc1.CN(CCOC(=O)C(C)(C)C)C(=O)CCOCCOCCOCCOCCC(C)(C)C. The highest BCUT2D eigenvalue weighted by Gasteiger charge is 2.30. The summed E-state index contributed by atoms with van der Waals surface area (Å²) in [6, 6.07) is 5.35. The van der Waals surface area contributed by atoms with Crippen LogP contribution in [-0.4, -0.2) is 163 Å². The molecule has 0 saturated heterocycles. The van der Waals surface area contributed by atoms with E-state index in [-0.39, 0.29) is 92.5 Å². The Morgan fingerprint density at radius 2 is 1.07 bits per heavy atom. The van der Waals surface area contributed by atoms with Crippen molar-refractivity contribution in [2.24, 2.45) is 39.2 Å². The van der Waals surface area contributed by atoms with Crippen LogP contribution in [0.5, 0.6) is 0 Å². The van der Waals surface area contributed by atoms with Crippen molar-refractivity contribution in [1.29, 1.82) is 0 Å². The molecule has 0 bridgehead atoms. The predicted molar refractivity (Wildman–Crippen MR) is 318 cm³/mol. The smallest absolute Gasteiger partial charge is 0.409 e. The highest BCUT2D eigenvalue weighted by Crippen LogP contribution is 2.24. The number of Topliss-reactive ketones (excluding diaryl/α,β-unsaturated/α-hetero) is 1. The van der Waals surface area contributed by atoms with Gasteiger partial charge in [0, 0.05) is 51.7 Å². The fourth-order valence-electron chi connectivity index (χ4n) is 7.11. The van der Waals surface area contributed by atoms with Crippen LogP contribution in [-0.2, 0) is 68.5 Å². The summed E-state index contributed by atoms with van der Waals surface area (Å²) in [5.41, 5.74) is 5.73. The number of anilines is 1. The molecule has 2 atom stereocenters. The monoisotopic (exact) mass is 1160 g/mol. The molecule has 0 aliphatic heterocycles. The van der Waals surface area contributed by atoms with E-state index in [0.717, 1.165) is 38.7 Å². The van der Waals surface area contributed by atoms with E-state index in [1.165, 1.54) is 4.90 Å². The lowest BCUT2D eigenvalue weighted by Gasteiger charge is -2.24. The first-order valence-electron chi connectivity index (χ1n) is 29.2. The maximum Gasteiger partial charge on any atom is 0.409 e. The zero-order chi connectivity index (χ0) is 62.5. The number of urea groups is 1. The molecule has 0 radical (unpaired) electrons. The fraction of sp³-hybridized carbons (Fsp3) is 0.770. The average Bonchev–Trinajstić information content (AvgIpc) is 3.36. The van der Waals surface area contributed by atoms with Crippen LogP contribution in [0.15, 0.2) is 24.3 Å². The Hall–Kier alpha value is -5.38. The summed E-state index contributed by atoms with van der Waals surface area (Å²) >= 11 is 0. The summed E-state index contributed by atoms with van der Waals surface area (Å²) in [4.78, 5) is 102. The van der Waals surface area contributed by atoms with Gasteiger partial charge in [0.05, 0.1) is 82.6 Å². The van der Waals surface area contributed by atoms with Gasteiger partial charge in [-0.15, -0.1) is 0 Å².